The summed E-state index contributed by atoms with van der Waals surface area (Å²) in [5.74, 6) is -0.0595. The molecule has 7 nitrogen and oxygen atoms in total. The van der Waals surface area contributed by atoms with Crippen molar-refractivity contribution in [1.29, 1.82) is 0 Å². The molecule has 0 bridgehead atoms. The van der Waals surface area contributed by atoms with E-state index in [1.807, 2.05) is 0 Å². The van der Waals surface area contributed by atoms with Crippen LogP contribution in [0.5, 0.6) is 5.75 Å². The van der Waals surface area contributed by atoms with Gasteiger partial charge >= 0.3 is 5.97 Å². The van der Waals surface area contributed by atoms with Gasteiger partial charge in [-0.15, -0.1) is 11.3 Å². The third-order valence-corrected chi connectivity index (χ3v) is 6.38. The van der Waals surface area contributed by atoms with Crippen LogP contribution in [0, 0.1) is 0 Å². The summed E-state index contributed by atoms with van der Waals surface area (Å²) in [7, 11) is 0. The largest absolute Gasteiger partial charge is 0.423 e. The van der Waals surface area contributed by atoms with E-state index in [-0.39, 0.29) is 5.56 Å². The molecule has 0 fully saturated rings. The van der Waals surface area contributed by atoms with Crippen LogP contribution in [0.4, 0.5) is 0 Å². The first-order valence-electron chi connectivity index (χ1n) is 9.97. The van der Waals surface area contributed by atoms with Crippen LogP contribution in [-0.2, 0) is 12.8 Å². The first-order chi connectivity index (χ1) is 15.2. The van der Waals surface area contributed by atoms with E-state index in [1.165, 1.54) is 28.5 Å². The van der Waals surface area contributed by atoms with Gasteiger partial charge in [0.05, 0.1) is 17.2 Å². The molecule has 0 unspecified atom stereocenters. The summed E-state index contributed by atoms with van der Waals surface area (Å²) in [6.07, 6.45) is 10.3. The number of fused-ring (bicyclic) bond motifs is 3. The number of carbonyl (C=O) groups excluding carboxylic acids is 1. The number of aromatic nitrogens is 3. The van der Waals surface area contributed by atoms with Gasteiger partial charge in [-0.3, -0.25) is 9.78 Å². The number of thiophene rings is 1. The van der Waals surface area contributed by atoms with Gasteiger partial charge in [-0.25, -0.2) is 9.78 Å². The van der Waals surface area contributed by atoms with Gasteiger partial charge < -0.3 is 4.74 Å². The van der Waals surface area contributed by atoms with E-state index in [1.54, 1.807) is 60.1 Å². The fourth-order valence-corrected chi connectivity index (χ4v) is 4.84. The molecule has 0 saturated carbocycles. The molecule has 1 aliphatic carbocycles. The summed E-state index contributed by atoms with van der Waals surface area (Å²) < 4.78 is 6.62. The van der Waals surface area contributed by atoms with Crippen LogP contribution in [0.1, 0.15) is 39.2 Å². The summed E-state index contributed by atoms with van der Waals surface area (Å²) in [6.45, 7) is 0. The Morgan fingerprint density at radius 1 is 1.16 bits per heavy atom. The molecule has 0 N–H and O–H groups in total. The van der Waals surface area contributed by atoms with Crippen molar-refractivity contribution in [3.05, 3.63) is 87.0 Å². The summed E-state index contributed by atoms with van der Waals surface area (Å²) in [5.41, 5.74) is 2.15. The first-order valence-corrected chi connectivity index (χ1v) is 10.8. The Morgan fingerprint density at radius 3 is 2.81 bits per heavy atom. The Morgan fingerprint density at radius 2 is 2.00 bits per heavy atom. The van der Waals surface area contributed by atoms with Crippen LogP contribution >= 0.6 is 11.3 Å². The highest BCUT2D eigenvalue weighted by Gasteiger charge is 2.19. The number of carbonyl (C=O) groups is 1. The highest BCUT2D eigenvalue weighted by atomic mass is 32.1. The maximum absolute atomic E-state index is 12.9. The molecular weight excluding hydrogens is 412 g/mol. The molecule has 3 heterocycles. The standard InChI is InChI=1S/C23H18N4O3S/c28-22-20-18-5-1-2-6-19(18)31-21(20)25-14-27(22)26-12-15-7-9-17(10-8-15)30-23(29)16-4-3-11-24-13-16/h3-4,7-14H,1-2,5-6H2/b26-12-. The quantitative estimate of drug-likeness (QED) is 0.279. The van der Waals surface area contributed by atoms with Crippen LogP contribution in [0.15, 0.2) is 65.0 Å². The van der Waals surface area contributed by atoms with Gasteiger partial charge in [-0.1, -0.05) is 0 Å². The van der Waals surface area contributed by atoms with E-state index in [2.05, 4.69) is 15.1 Å². The minimum absolute atomic E-state index is 0.136. The van der Waals surface area contributed by atoms with E-state index >= 15 is 0 Å². The summed E-state index contributed by atoms with van der Waals surface area (Å²) in [5, 5.41) is 5.00. The number of hydrogen-bond acceptors (Lipinski definition) is 7. The van der Waals surface area contributed by atoms with Gasteiger partial charge in [0.2, 0.25) is 0 Å². The van der Waals surface area contributed by atoms with Crippen LogP contribution in [0.25, 0.3) is 10.2 Å². The maximum atomic E-state index is 12.9. The molecular formula is C23H18N4O3S. The smallest absolute Gasteiger partial charge is 0.345 e. The van der Waals surface area contributed by atoms with Crippen molar-refractivity contribution in [3.63, 3.8) is 0 Å². The lowest BCUT2D eigenvalue weighted by Gasteiger charge is -2.09. The molecule has 5 rings (SSSR count). The minimum Gasteiger partial charge on any atom is -0.423 e. The van der Waals surface area contributed by atoms with Gasteiger partial charge in [-0.2, -0.15) is 9.78 Å². The van der Waals surface area contributed by atoms with Crippen molar-refractivity contribution in [3.8, 4) is 5.75 Å². The molecule has 0 radical (unpaired) electrons. The summed E-state index contributed by atoms with van der Waals surface area (Å²) >= 11 is 1.62. The van der Waals surface area contributed by atoms with Crippen molar-refractivity contribution >= 4 is 33.7 Å². The van der Waals surface area contributed by atoms with Crippen LogP contribution in [0.3, 0.4) is 0 Å². The molecule has 1 aromatic carbocycles. The minimum atomic E-state index is -0.473. The third-order valence-electron chi connectivity index (χ3n) is 5.18. The van der Waals surface area contributed by atoms with E-state index in [0.717, 1.165) is 35.2 Å². The Hall–Kier alpha value is -3.65. The number of esters is 1. The lowest BCUT2D eigenvalue weighted by atomic mass is 9.97. The van der Waals surface area contributed by atoms with E-state index in [9.17, 15) is 9.59 Å². The summed E-state index contributed by atoms with van der Waals surface area (Å²) in [6, 6.07) is 10.2. The number of aryl methyl sites for hydroxylation is 2. The van der Waals surface area contributed by atoms with Gasteiger partial charge in [0.15, 0.2) is 0 Å². The maximum Gasteiger partial charge on any atom is 0.345 e. The number of nitrogens with zero attached hydrogens (tertiary/aromatic N) is 4. The molecule has 31 heavy (non-hydrogen) atoms. The molecule has 3 aromatic heterocycles. The van der Waals surface area contributed by atoms with Gasteiger partial charge in [0.25, 0.3) is 5.56 Å². The van der Waals surface area contributed by atoms with E-state index < -0.39 is 5.97 Å². The fourth-order valence-electron chi connectivity index (χ4n) is 3.62. The normalized spacial score (nSPS) is 13.4. The number of ether oxygens (including phenoxy) is 1. The average Bonchev–Trinajstić information content (AvgIpc) is 3.19. The van der Waals surface area contributed by atoms with Crippen molar-refractivity contribution in [2.75, 3.05) is 0 Å². The second-order valence-electron chi connectivity index (χ2n) is 7.23. The Balaban J connectivity index is 1.35. The fraction of sp³-hybridized carbons (Fsp3) is 0.174. The number of benzene rings is 1. The highest BCUT2D eigenvalue weighted by Crippen LogP contribution is 2.33. The van der Waals surface area contributed by atoms with Crippen molar-refractivity contribution < 1.29 is 9.53 Å². The van der Waals surface area contributed by atoms with Crippen LogP contribution in [-0.4, -0.2) is 26.8 Å². The molecule has 0 aliphatic heterocycles. The van der Waals surface area contributed by atoms with Gasteiger partial charge in [0, 0.05) is 17.3 Å². The Kier molecular flexibility index (Phi) is 5.13. The van der Waals surface area contributed by atoms with E-state index in [0.29, 0.717) is 16.7 Å². The number of hydrogen-bond donors (Lipinski definition) is 0. The average molecular weight is 430 g/mol. The zero-order chi connectivity index (χ0) is 21.2. The predicted octanol–water partition coefficient (Wildman–Crippen LogP) is 3.83. The molecule has 1 aliphatic rings. The second-order valence-corrected chi connectivity index (χ2v) is 8.31. The topological polar surface area (TPSA) is 86.4 Å². The van der Waals surface area contributed by atoms with Crippen molar-refractivity contribution in [1.82, 2.24) is 14.6 Å². The Labute approximate surface area is 181 Å². The third kappa shape index (κ3) is 3.89. The summed E-state index contributed by atoms with van der Waals surface area (Å²) in [4.78, 5) is 35.5. The SMILES string of the molecule is O=C(Oc1ccc(/C=N\n2cnc3sc4c(c3c2=O)CCCC4)cc1)c1cccnc1. The molecule has 0 saturated heterocycles. The van der Waals surface area contributed by atoms with Gasteiger partial charge in [-0.05, 0) is 73.2 Å². The second kappa shape index (κ2) is 8.23. The predicted molar refractivity (Wildman–Crippen MR) is 119 cm³/mol. The number of pyridine rings is 1. The van der Waals surface area contributed by atoms with Crippen molar-refractivity contribution in [2.24, 2.45) is 5.10 Å². The first kappa shape index (κ1) is 19.3. The number of rotatable bonds is 4. The molecule has 0 amide bonds. The molecule has 0 spiro atoms. The molecule has 154 valence electrons. The van der Waals surface area contributed by atoms with Crippen LogP contribution < -0.4 is 10.3 Å². The zero-order valence-electron chi connectivity index (χ0n) is 16.5. The van der Waals surface area contributed by atoms with Crippen LogP contribution in [0.2, 0.25) is 0 Å². The Bertz CT molecular complexity index is 1340. The monoisotopic (exact) mass is 430 g/mol. The van der Waals surface area contributed by atoms with Crippen molar-refractivity contribution in [2.45, 2.75) is 25.7 Å². The lowest BCUT2D eigenvalue weighted by molar-refractivity contribution is 0.0734. The molecule has 8 heteroatoms. The molecule has 0 atom stereocenters. The zero-order valence-corrected chi connectivity index (χ0v) is 17.3. The highest BCUT2D eigenvalue weighted by molar-refractivity contribution is 7.18. The lowest BCUT2D eigenvalue weighted by Crippen LogP contribution is -2.18. The molecule has 4 aromatic rings. The van der Waals surface area contributed by atoms with E-state index in [4.69, 9.17) is 4.74 Å². The van der Waals surface area contributed by atoms with Gasteiger partial charge in [0.1, 0.15) is 16.9 Å².